The van der Waals surface area contributed by atoms with Crippen molar-refractivity contribution in [1.82, 2.24) is 35.7 Å². The summed E-state index contributed by atoms with van der Waals surface area (Å²) >= 11 is 0. The lowest BCUT2D eigenvalue weighted by molar-refractivity contribution is 0.560. The zero-order valence-electron chi connectivity index (χ0n) is 18.7. The fourth-order valence-electron chi connectivity index (χ4n) is 4.10. The van der Waals surface area contributed by atoms with E-state index in [9.17, 15) is 8.42 Å². The number of nitrogens with zero attached hydrogens (tertiary/aromatic N) is 5. The van der Waals surface area contributed by atoms with Gasteiger partial charge in [0.05, 0.1) is 6.20 Å². The molecule has 3 N–H and O–H groups in total. The van der Waals surface area contributed by atoms with E-state index in [4.69, 9.17) is 0 Å². The molecular formula is C23H24N8O2S. The Kier molecular flexibility index (Phi) is 5.40. The van der Waals surface area contributed by atoms with Gasteiger partial charge in [0.25, 0.3) is 0 Å². The van der Waals surface area contributed by atoms with E-state index in [0.717, 1.165) is 22.3 Å². The quantitative estimate of drug-likeness (QED) is 0.371. The predicted molar refractivity (Wildman–Crippen MR) is 130 cm³/mol. The van der Waals surface area contributed by atoms with Crippen LogP contribution in [0.4, 0.5) is 5.82 Å². The number of fused-ring (bicyclic) bond motifs is 1. The van der Waals surface area contributed by atoms with Crippen LogP contribution in [0.15, 0.2) is 66.9 Å². The summed E-state index contributed by atoms with van der Waals surface area (Å²) < 4.78 is 26.9. The van der Waals surface area contributed by atoms with Crippen molar-refractivity contribution >= 4 is 21.5 Å². The number of nitrogens with one attached hydrogen (secondary N) is 3. The molecule has 1 unspecified atom stereocenters. The molecule has 1 atom stereocenters. The summed E-state index contributed by atoms with van der Waals surface area (Å²) in [6.07, 6.45) is 4.98. The van der Waals surface area contributed by atoms with Crippen molar-refractivity contribution in [2.75, 3.05) is 11.6 Å². The van der Waals surface area contributed by atoms with Gasteiger partial charge < -0.3 is 10.6 Å². The maximum atomic E-state index is 12.6. The molecule has 174 valence electrons. The average Bonchev–Trinajstić information content (AvgIpc) is 3.54. The number of aromatic amines is 1. The van der Waals surface area contributed by atoms with Gasteiger partial charge in [-0.05, 0) is 34.4 Å². The van der Waals surface area contributed by atoms with Gasteiger partial charge in [-0.15, -0.1) is 10.2 Å². The summed E-state index contributed by atoms with van der Waals surface area (Å²) in [4.78, 5) is -1.19. The minimum Gasteiger partial charge on any atom is -0.366 e. The van der Waals surface area contributed by atoms with Crippen molar-refractivity contribution in [3.8, 4) is 22.5 Å². The molecule has 0 saturated heterocycles. The van der Waals surface area contributed by atoms with Gasteiger partial charge in [-0.2, -0.15) is 10.3 Å². The van der Waals surface area contributed by atoms with E-state index in [-0.39, 0.29) is 0 Å². The molecule has 2 aromatic heterocycles. The fraction of sp³-hybridized carbons (Fsp3) is 0.217. The zero-order chi connectivity index (χ0) is 23.8. The first kappa shape index (κ1) is 21.8. The zero-order valence-corrected chi connectivity index (χ0v) is 19.5. The van der Waals surface area contributed by atoms with Crippen LogP contribution in [-0.4, -0.2) is 49.9 Å². The largest absolute Gasteiger partial charge is 0.366 e. The summed E-state index contributed by atoms with van der Waals surface area (Å²) in [6, 6.07) is 17.8. The minimum atomic E-state index is -3.42. The van der Waals surface area contributed by atoms with Crippen LogP contribution >= 0.6 is 0 Å². The second-order valence-corrected chi connectivity index (χ2v) is 10.4. The number of aromatic nitrogens is 6. The van der Waals surface area contributed by atoms with Crippen LogP contribution in [0.25, 0.3) is 28.3 Å². The first-order valence-corrected chi connectivity index (χ1v) is 12.7. The van der Waals surface area contributed by atoms with Crippen molar-refractivity contribution in [3.05, 3.63) is 72.4 Å². The maximum Gasteiger partial charge on any atom is 0.205 e. The van der Waals surface area contributed by atoms with Gasteiger partial charge in [0.1, 0.15) is 11.6 Å². The predicted octanol–water partition coefficient (Wildman–Crippen LogP) is 2.89. The molecule has 34 heavy (non-hydrogen) atoms. The Morgan fingerprint density at radius 1 is 1.06 bits per heavy atom. The number of sulfone groups is 1. The lowest BCUT2D eigenvalue weighted by Gasteiger charge is -2.35. The first-order chi connectivity index (χ1) is 16.4. The van der Waals surface area contributed by atoms with Crippen LogP contribution in [0, 0.1) is 0 Å². The van der Waals surface area contributed by atoms with Crippen LogP contribution in [0.5, 0.6) is 0 Å². The molecule has 0 aliphatic carbocycles. The Balaban J connectivity index is 1.39. The molecule has 3 heterocycles. The molecule has 0 fully saturated rings. The highest BCUT2D eigenvalue weighted by atomic mass is 32.2. The van der Waals surface area contributed by atoms with E-state index in [2.05, 4.69) is 36.4 Å². The normalized spacial score (nSPS) is 17.5. The lowest BCUT2D eigenvalue weighted by Crippen LogP contribution is -2.47. The van der Waals surface area contributed by atoms with Crippen molar-refractivity contribution in [2.45, 2.75) is 24.8 Å². The topological polar surface area (TPSA) is 130 Å². The van der Waals surface area contributed by atoms with Gasteiger partial charge >= 0.3 is 0 Å². The van der Waals surface area contributed by atoms with Crippen LogP contribution in [0.1, 0.15) is 18.9 Å². The number of rotatable bonds is 7. The second kappa shape index (κ2) is 8.41. The third kappa shape index (κ3) is 3.83. The molecule has 1 aliphatic heterocycles. The van der Waals surface area contributed by atoms with E-state index in [1.807, 2.05) is 55.5 Å². The Morgan fingerprint density at radius 3 is 2.50 bits per heavy atom. The smallest absolute Gasteiger partial charge is 0.205 e. The summed E-state index contributed by atoms with van der Waals surface area (Å²) in [7, 11) is -3.42. The Bertz CT molecular complexity index is 1440. The highest BCUT2D eigenvalue weighted by Crippen LogP contribution is 2.33. The number of tetrazole rings is 1. The number of hydrogen-bond acceptors (Lipinski definition) is 8. The van der Waals surface area contributed by atoms with Gasteiger partial charge in [-0.3, -0.25) is 0 Å². The standard InChI is InChI=1S/C23H24N8O2S/c1-3-23(34(2,32)33)14-21(31-20(26-23)12-13-25-31)24-15-16-8-10-17(11-9-16)18-6-4-5-7-19(18)22-27-29-30-28-22/h4-14,24,26H,3,15H2,1-2H3,(H,27,28,29,30). The average molecular weight is 477 g/mol. The van der Waals surface area contributed by atoms with E-state index in [1.54, 1.807) is 23.0 Å². The number of H-pyrrole nitrogens is 1. The van der Waals surface area contributed by atoms with Crippen molar-refractivity contribution < 1.29 is 8.42 Å². The minimum absolute atomic E-state index is 0.386. The van der Waals surface area contributed by atoms with Crippen molar-refractivity contribution in [3.63, 3.8) is 0 Å². The molecule has 11 heteroatoms. The summed E-state index contributed by atoms with van der Waals surface area (Å²) in [5.74, 6) is 1.79. The number of benzene rings is 2. The third-order valence-electron chi connectivity index (χ3n) is 6.02. The first-order valence-electron chi connectivity index (χ1n) is 10.8. The lowest BCUT2D eigenvalue weighted by atomic mass is 9.98. The van der Waals surface area contributed by atoms with Gasteiger partial charge in [0.15, 0.2) is 14.7 Å². The van der Waals surface area contributed by atoms with Crippen LogP contribution in [0.2, 0.25) is 0 Å². The molecule has 0 amide bonds. The fourth-order valence-corrected chi connectivity index (χ4v) is 5.24. The van der Waals surface area contributed by atoms with E-state index >= 15 is 0 Å². The SMILES string of the molecule is CCC1(S(C)(=O)=O)C=C(NCc2ccc(-c3ccccc3-c3nn[nH]n3)cc2)n2nccc2N1. The van der Waals surface area contributed by atoms with Gasteiger partial charge in [-0.1, -0.05) is 55.5 Å². The molecule has 0 spiro atoms. The molecule has 2 aromatic carbocycles. The van der Waals surface area contributed by atoms with E-state index < -0.39 is 14.7 Å². The number of hydrogen-bond donors (Lipinski definition) is 3. The molecule has 1 aliphatic rings. The Labute approximate surface area is 197 Å². The summed E-state index contributed by atoms with van der Waals surface area (Å²) in [6.45, 7) is 2.35. The third-order valence-corrected chi connectivity index (χ3v) is 7.85. The number of anilines is 1. The molecular weight excluding hydrogens is 452 g/mol. The van der Waals surface area contributed by atoms with Crippen molar-refractivity contribution in [1.29, 1.82) is 0 Å². The molecule has 0 radical (unpaired) electrons. The summed E-state index contributed by atoms with van der Waals surface area (Å²) in [5.41, 5.74) is 3.97. The highest BCUT2D eigenvalue weighted by Gasteiger charge is 2.41. The monoisotopic (exact) mass is 476 g/mol. The van der Waals surface area contributed by atoms with Crippen LogP contribution in [-0.2, 0) is 16.4 Å². The van der Waals surface area contributed by atoms with Crippen LogP contribution in [0.3, 0.4) is 0 Å². The highest BCUT2D eigenvalue weighted by molar-refractivity contribution is 7.92. The van der Waals surface area contributed by atoms with Gasteiger partial charge in [0.2, 0.25) is 5.82 Å². The van der Waals surface area contributed by atoms with Crippen molar-refractivity contribution in [2.24, 2.45) is 0 Å². The van der Waals surface area contributed by atoms with Gasteiger partial charge in [0, 0.05) is 24.4 Å². The molecule has 10 nitrogen and oxygen atoms in total. The molecule has 0 bridgehead atoms. The maximum absolute atomic E-state index is 12.6. The van der Waals surface area contributed by atoms with Gasteiger partial charge in [-0.25, -0.2) is 13.1 Å². The Morgan fingerprint density at radius 2 is 1.82 bits per heavy atom. The second-order valence-electron chi connectivity index (χ2n) is 8.13. The van der Waals surface area contributed by atoms with E-state index in [1.165, 1.54) is 6.26 Å². The summed E-state index contributed by atoms with van der Waals surface area (Å²) in [5, 5.41) is 25.2. The molecule has 0 saturated carbocycles. The Hall–Kier alpha value is -3.99. The molecule has 4 aromatic rings. The van der Waals surface area contributed by atoms with Crippen LogP contribution < -0.4 is 10.6 Å². The van der Waals surface area contributed by atoms with E-state index in [0.29, 0.717) is 30.4 Å². The molecule has 5 rings (SSSR count).